The molecule has 18 heavy (non-hydrogen) atoms. The fraction of sp³-hybridized carbons (Fsp3) is 0.154. The van der Waals surface area contributed by atoms with Crippen LogP contribution in [0.4, 0.5) is 0 Å². The summed E-state index contributed by atoms with van der Waals surface area (Å²) in [4.78, 5) is 4.25. The summed E-state index contributed by atoms with van der Waals surface area (Å²) in [5.41, 5.74) is 1.59. The fourth-order valence-corrected chi connectivity index (χ4v) is 1.78. The van der Waals surface area contributed by atoms with Gasteiger partial charge in [0.2, 0.25) is 11.7 Å². The van der Waals surface area contributed by atoms with Gasteiger partial charge in [-0.3, -0.25) is 0 Å². The maximum atomic E-state index is 8.50. The molecular formula is C13H9N3O2. The monoisotopic (exact) mass is 239 g/mol. The third kappa shape index (κ3) is 1.74. The van der Waals surface area contributed by atoms with E-state index in [2.05, 4.69) is 10.1 Å². The van der Waals surface area contributed by atoms with Crippen LogP contribution in [0.25, 0.3) is 22.4 Å². The Morgan fingerprint density at radius 3 is 3.06 bits per heavy atom. The molecule has 0 unspecified atom stereocenters. The maximum absolute atomic E-state index is 8.50. The second kappa shape index (κ2) is 4.34. The van der Waals surface area contributed by atoms with Gasteiger partial charge in [0, 0.05) is 18.2 Å². The minimum absolute atomic E-state index is 0.369. The minimum atomic E-state index is 0.369. The summed E-state index contributed by atoms with van der Waals surface area (Å²) in [5.74, 6) is 0.963. The first-order valence-electron chi connectivity index (χ1n) is 5.54. The molecule has 1 aromatic carbocycles. The zero-order valence-electron chi connectivity index (χ0n) is 9.46. The van der Waals surface area contributed by atoms with Gasteiger partial charge in [0.15, 0.2) is 0 Å². The van der Waals surface area contributed by atoms with Crippen LogP contribution in [0.1, 0.15) is 12.3 Å². The van der Waals surface area contributed by atoms with Crippen molar-refractivity contribution < 1.29 is 8.94 Å². The second-order valence-corrected chi connectivity index (χ2v) is 3.82. The van der Waals surface area contributed by atoms with E-state index in [4.69, 9.17) is 14.2 Å². The van der Waals surface area contributed by atoms with Crippen molar-refractivity contribution in [3.8, 4) is 17.5 Å². The number of rotatable bonds is 3. The number of nitrogens with zero attached hydrogens (tertiary/aromatic N) is 3. The van der Waals surface area contributed by atoms with E-state index in [9.17, 15) is 0 Å². The highest BCUT2D eigenvalue weighted by Crippen LogP contribution is 2.28. The highest BCUT2D eigenvalue weighted by Gasteiger charge is 2.13. The van der Waals surface area contributed by atoms with Crippen LogP contribution in [0.15, 0.2) is 39.5 Å². The molecule has 0 aliphatic heterocycles. The van der Waals surface area contributed by atoms with Gasteiger partial charge in [0.1, 0.15) is 11.8 Å². The van der Waals surface area contributed by atoms with E-state index in [1.165, 1.54) is 0 Å². The third-order valence-corrected chi connectivity index (χ3v) is 2.64. The number of furan rings is 1. The Labute approximate surface area is 103 Å². The molecule has 2 heterocycles. The van der Waals surface area contributed by atoms with E-state index >= 15 is 0 Å². The third-order valence-electron chi connectivity index (χ3n) is 2.64. The van der Waals surface area contributed by atoms with Gasteiger partial charge in [0.05, 0.1) is 11.6 Å². The fourth-order valence-electron chi connectivity index (χ4n) is 1.78. The Kier molecular flexibility index (Phi) is 2.54. The molecular weight excluding hydrogens is 230 g/mol. The summed E-state index contributed by atoms with van der Waals surface area (Å²) in [7, 11) is 0. The number of aryl methyl sites for hydroxylation is 1. The summed E-state index contributed by atoms with van der Waals surface area (Å²) in [5, 5.41) is 13.4. The van der Waals surface area contributed by atoms with E-state index in [-0.39, 0.29) is 0 Å². The van der Waals surface area contributed by atoms with Crippen LogP contribution in [-0.4, -0.2) is 10.1 Å². The van der Waals surface area contributed by atoms with Crippen LogP contribution in [0.2, 0.25) is 0 Å². The molecule has 0 bridgehead atoms. The smallest absolute Gasteiger partial charge is 0.227 e. The Balaban J connectivity index is 1.99. The zero-order chi connectivity index (χ0) is 12.4. The first-order valence-corrected chi connectivity index (χ1v) is 5.54. The van der Waals surface area contributed by atoms with Crippen LogP contribution in [0.5, 0.6) is 0 Å². The molecule has 0 aliphatic rings. The number of para-hydroxylation sites is 1. The van der Waals surface area contributed by atoms with Crippen molar-refractivity contribution >= 4 is 11.0 Å². The molecule has 2 aromatic heterocycles. The van der Waals surface area contributed by atoms with Crippen molar-refractivity contribution in [2.24, 2.45) is 0 Å². The average Bonchev–Trinajstić information content (AvgIpc) is 3.02. The van der Waals surface area contributed by atoms with Gasteiger partial charge in [0.25, 0.3) is 0 Å². The summed E-state index contributed by atoms with van der Waals surface area (Å²) in [6, 6.07) is 9.71. The lowest BCUT2D eigenvalue weighted by atomic mass is 10.2. The maximum Gasteiger partial charge on any atom is 0.227 e. The average molecular weight is 239 g/mol. The standard InChI is InChI=1S/C13H9N3O2/c14-7-3-6-12-15-13(16-18-12)10-8-17-11-5-2-1-4-9(10)11/h1-2,4-5,8H,3,6H2. The largest absolute Gasteiger partial charge is 0.464 e. The molecule has 3 rings (SSSR count). The Hall–Kier alpha value is -2.61. The number of benzene rings is 1. The van der Waals surface area contributed by atoms with Gasteiger partial charge in [-0.1, -0.05) is 23.4 Å². The number of nitriles is 1. The van der Waals surface area contributed by atoms with E-state index in [1.54, 1.807) is 6.26 Å². The molecule has 0 N–H and O–H groups in total. The second-order valence-electron chi connectivity index (χ2n) is 3.82. The highest BCUT2D eigenvalue weighted by atomic mass is 16.5. The molecule has 0 radical (unpaired) electrons. The van der Waals surface area contributed by atoms with E-state index < -0.39 is 0 Å². The quantitative estimate of drug-likeness (QED) is 0.702. The Bertz CT molecular complexity index is 721. The van der Waals surface area contributed by atoms with Crippen LogP contribution < -0.4 is 0 Å². The molecule has 88 valence electrons. The molecule has 0 aliphatic carbocycles. The molecule has 0 amide bonds. The van der Waals surface area contributed by atoms with Crippen molar-refractivity contribution in [3.05, 3.63) is 36.4 Å². The van der Waals surface area contributed by atoms with E-state index in [0.29, 0.717) is 24.6 Å². The molecule has 0 saturated heterocycles. The van der Waals surface area contributed by atoms with Crippen molar-refractivity contribution in [1.82, 2.24) is 10.1 Å². The predicted molar refractivity (Wildman–Crippen MR) is 63.4 cm³/mol. The van der Waals surface area contributed by atoms with Crippen LogP contribution >= 0.6 is 0 Å². The lowest BCUT2D eigenvalue weighted by Crippen LogP contribution is -1.83. The van der Waals surface area contributed by atoms with Gasteiger partial charge in [-0.15, -0.1) is 0 Å². The van der Waals surface area contributed by atoms with Crippen molar-refractivity contribution in [2.75, 3.05) is 0 Å². The highest BCUT2D eigenvalue weighted by molar-refractivity contribution is 5.91. The summed E-state index contributed by atoms with van der Waals surface area (Å²) >= 11 is 0. The van der Waals surface area contributed by atoms with Gasteiger partial charge in [-0.05, 0) is 6.07 Å². The SMILES string of the molecule is N#CCCc1nc(-c2coc3ccccc23)no1. The van der Waals surface area contributed by atoms with Gasteiger partial charge in [-0.25, -0.2) is 0 Å². The summed E-state index contributed by atoms with van der Waals surface area (Å²) < 4.78 is 10.5. The van der Waals surface area contributed by atoms with Crippen LogP contribution in [0, 0.1) is 11.3 Å². The van der Waals surface area contributed by atoms with Crippen LogP contribution in [0.3, 0.4) is 0 Å². The Morgan fingerprint density at radius 2 is 2.17 bits per heavy atom. The van der Waals surface area contributed by atoms with Gasteiger partial charge >= 0.3 is 0 Å². The van der Waals surface area contributed by atoms with E-state index in [0.717, 1.165) is 16.5 Å². The topological polar surface area (TPSA) is 75.8 Å². The summed E-state index contributed by atoms with van der Waals surface area (Å²) in [6.07, 6.45) is 2.46. The van der Waals surface area contributed by atoms with Crippen molar-refractivity contribution in [1.29, 1.82) is 5.26 Å². The van der Waals surface area contributed by atoms with Gasteiger partial charge < -0.3 is 8.94 Å². The van der Waals surface area contributed by atoms with Crippen LogP contribution in [-0.2, 0) is 6.42 Å². The first-order chi connectivity index (χ1) is 8.88. The molecule has 0 saturated carbocycles. The molecule has 3 aromatic rings. The molecule has 5 nitrogen and oxygen atoms in total. The number of hydrogen-bond acceptors (Lipinski definition) is 5. The van der Waals surface area contributed by atoms with Gasteiger partial charge in [-0.2, -0.15) is 10.2 Å². The number of fused-ring (bicyclic) bond motifs is 1. The summed E-state index contributed by atoms with van der Waals surface area (Å²) in [6.45, 7) is 0. The lowest BCUT2D eigenvalue weighted by molar-refractivity contribution is 0.380. The number of aromatic nitrogens is 2. The molecule has 0 fully saturated rings. The minimum Gasteiger partial charge on any atom is -0.464 e. The lowest BCUT2D eigenvalue weighted by Gasteiger charge is -1.88. The molecule has 0 atom stereocenters. The Morgan fingerprint density at radius 1 is 1.28 bits per heavy atom. The number of hydrogen-bond donors (Lipinski definition) is 0. The zero-order valence-corrected chi connectivity index (χ0v) is 9.46. The normalized spacial score (nSPS) is 10.6. The molecule has 0 spiro atoms. The van der Waals surface area contributed by atoms with E-state index in [1.807, 2.05) is 30.3 Å². The predicted octanol–water partition coefficient (Wildman–Crippen LogP) is 2.94. The first kappa shape index (κ1) is 10.5. The molecule has 5 heteroatoms. The van der Waals surface area contributed by atoms with Crippen molar-refractivity contribution in [2.45, 2.75) is 12.8 Å². The van der Waals surface area contributed by atoms with Crippen molar-refractivity contribution in [3.63, 3.8) is 0 Å².